The number of imidazole rings is 1. The summed E-state index contributed by atoms with van der Waals surface area (Å²) in [6.45, 7) is 2.94. The molecule has 0 aliphatic rings. The Morgan fingerprint density at radius 3 is 2.70 bits per heavy atom. The van der Waals surface area contributed by atoms with Crippen molar-refractivity contribution in [2.45, 2.75) is 19.8 Å². The number of hydrogen-bond donors (Lipinski definition) is 0. The van der Waals surface area contributed by atoms with Crippen LogP contribution in [0.5, 0.6) is 5.75 Å². The minimum Gasteiger partial charge on any atom is -0.494 e. The average Bonchev–Trinajstić information content (AvgIpc) is 2.92. The summed E-state index contributed by atoms with van der Waals surface area (Å²) in [6.07, 6.45) is 6.30. The molecule has 0 spiro atoms. The molecule has 3 nitrogen and oxygen atoms in total. The molecule has 0 aliphatic heterocycles. The van der Waals surface area contributed by atoms with Crippen molar-refractivity contribution in [2.24, 2.45) is 0 Å². The highest BCUT2D eigenvalue weighted by Gasteiger charge is 2.04. The Labute approximate surface area is 118 Å². The molecular formula is C17H18N2O. The third kappa shape index (κ3) is 2.67. The Hall–Kier alpha value is -2.29. The van der Waals surface area contributed by atoms with Gasteiger partial charge in [0.05, 0.1) is 12.3 Å². The van der Waals surface area contributed by atoms with Gasteiger partial charge in [0.15, 0.2) is 0 Å². The molecule has 0 fully saturated rings. The lowest BCUT2D eigenvalue weighted by Crippen LogP contribution is -1.95. The smallest absolute Gasteiger partial charge is 0.137 e. The predicted octanol–water partition coefficient (Wildman–Crippen LogP) is 4.18. The zero-order chi connectivity index (χ0) is 13.8. The van der Waals surface area contributed by atoms with E-state index in [1.54, 1.807) is 0 Å². The van der Waals surface area contributed by atoms with Crippen LogP contribution in [0.25, 0.3) is 16.9 Å². The molecule has 0 radical (unpaired) electrons. The van der Waals surface area contributed by atoms with Gasteiger partial charge in [-0.1, -0.05) is 19.4 Å². The van der Waals surface area contributed by atoms with Gasteiger partial charge < -0.3 is 9.14 Å². The second-order valence-corrected chi connectivity index (χ2v) is 4.82. The maximum atomic E-state index is 5.67. The van der Waals surface area contributed by atoms with Crippen molar-refractivity contribution in [2.75, 3.05) is 6.61 Å². The minimum atomic E-state index is 0.782. The lowest BCUT2D eigenvalue weighted by molar-refractivity contribution is 0.309. The van der Waals surface area contributed by atoms with Crippen LogP contribution in [0.4, 0.5) is 0 Å². The minimum absolute atomic E-state index is 0.782. The van der Waals surface area contributed by atoms with E-state index in [1.807, 2.05) is 47.1 Å². The number of rotatable bonds is 5. The second kappa shape index (κ2) is 5.78. The van der Waals surface area contributed by atoms with Crippen LogP contribution < -0.4 is 4.74 Å². The molecule has 0 saturated heterocycles. The summed E-state index contributed by atoms with van der Waals surface area (Å²) < 4.78 is 7.70. The Kier molecular flexibility index (Phi) is 3.68. The van der Waals surface area contributed by atoms with Crippen LogP contribution in [0.2, 0.25) is 0 Å². The number of hydrogen-bond acceptors (Lipinski definition) is 2. The van der Waals surface area contributed by atoms with Gasteiger partial charge in [0.2, 0.25) is 0 Å². The third-order valence-corrected chi connectivity index (χ3v) is 3.28. The number of nitrogens with zero attached hydrogens (tertiary/aromatic N) is 2. The molecule has 0 atom stereocenters. The molecule has 0 saturated carbocycles. The number of ether oxygens (including phenoxy) is 1. The van der Waals surface area contributed by atoms with Crippen molar-refractivity contribution in [3.63, 3.8) is 0 Å². The van der Waals surface area contributed by atoms with E-state index in [2.05, 4.69) is 24.0 Å². The number of benzene rings is 1. The molecular weight excluding hydrogens is 248 g/mol. The fraction of sp³-hybridized carbons (Fsp3) is 0.235. The fourth-order valence-corrected chi connectivity index (χ4v) is 2.13. The summed E-state index contributed by atoms with van der Waals surface area (Å²) in [5.74, 6) is 0.922. The van der Waals surface area contributed by atoms with E-state index in [1.165, 1.54) is 0 Å². The zero-order valence-corrected chi connectivity index (χ0v) is 11.6. The first-order valence-electron chi connectivity index (χ1n) is 7.04. The van der Waals surface area contributed by atoms with Gasteiger partial charge in [-0.2, -0.15) is 0 Å². The van der Waals surface area contributed by atoms with E-state index in [0.717, 1.165) is 42.1 Å². The molecule has 0 amide bonds. The Morgan fingerprint density at radius 2 is 1.95 bits per heavy atom. The van der Waals surface area contributed by atoms with Gasteiger partial charge in [-0.3, -0.25) is 0 Å². The lowest BCUT2D eigenvalue weighted by atomic mass is 10.2. The zero-order valence-electron chi connectivity index (χ0n) is 11.6. The van der Waals surface area contributed by atoms with Gasteiger partial charge in [-0.25, -0.2) is 4.98 Å². The topological polar surface area (TPSA) is 26.5 Å². The van der Waals surface area contributed by atoms with Crippen LogP contribution in [0.15, 0.2) is 54.9 Å². The van der Waals surface area contributed by atoms with E-state index >= 15 is 0 Å². The van der Waals surface area contributed by atoms with Crippen LogP contribution >= 0.6 is 0 Å². The van der Waals surface area contributed by atoms with Crippen molar-refractivity contribution < 1.29 is 4.74 Å². The van der Waals surface area contributed by atoms with Crippen LogP contribution in [0.3, 0.4) is 0 Å². The Balaban J connectivity index is 1.79. The van der Waals surface area contributed by atoms with E-state index in [0.29, 0.717) is 0 Å². The SMILES string of the molecule is CCCCOc1ccc(-c2cn3ccccc3n2)cc1. The molecule has 0 N–H and O–H groups in total. The van der Waals surface area contributed by atoms with Gasteiger partial charge >= 0.3 is 0 Å². The monoisotopic (exact) mass is 266 g/mol. The van der Waals surface area contributed by atoms with Crippen molar-refractivity contribution in [3.05, 3.63) is 54.9 Å². The van der Waals surface area contributed by atoms with Crippen molar-refractivity contribution in [3.8, 4) is 17.0 Å². The van der Waals surface area contributed by atoms with Gasteiger partial charge in [0.25, 0.3) is 0 Å². The van der Waals surface area contributed by atoms with E-state index in [-0.39, 0.29) is 0 Å². The molecule has 2 aromatic heterocycles. The Bertz CT molecular complexity index is 653. The summed E-state index contributed by atoms with van der Waals surface area (Å²) >= 11 is 0. The molecule has 3 rings (SSSR count). The molecule has 102 valence electrons. The van der Waals surface area contributed by atoms with Crippen LogP contribution in [0, 0.1) is 0 Å². The third-order valence-electron chi connectivity index (χ3n) is 3.28. The molecule has 0 aliphatic carbocycles. The first-order valence-corrected chi connectivity index (χ1v) is 7.04. The van der Waals surface area contributed by atoms with Crippen LogP contribution in [0.1, 0.15) is 19.8 Å². The van der Waals surface area contributed by atoms with Gasteiger partial charge in [-0.05, 0) is 42.8 Å². The quantitative estimate of drug-likeness (QED) is 0.648. The molecule has 1 aromatic carbocycles. The standard InChI is InChI=1S/C17H18N2O/c1-2-3-12-20-15-9-7-14(8-10-15)16-13-19-11-5-4-6-17(19)18-16/h4-11,13H,2-3,12H2,1H3. The molecule has 3 heteroatoms. The van der Waals surface area contributed by atoms with Crippen molar-refractivity contribution in [1.29, 1.82) is 0 Å². The average molecular weight is 266 g/mol. The van der Waals surface area contributed by atoms with Crippen LogP contribution in [-0.4, -0.2) is 16.0 Å². The normalized spacial score (nSPS) is 10.8. The summed E-state index contributed by atoms with van der Waals surface area (Å²) in [5, 5.41) is 0. The lowest BCUT2D eigenvalue weighted by Gasteiger charge is -2.05. The summed E-state index contributed by atoms with van der Waals surface area (Å²) in [6, 6.07) is 14.1. The maximum absolute atomic E-state index is 5.67. The number of pyridine rings is 1. The molecule has 3 aromatic rings. The van der Waals surface area contributed by atoms with E-state index in [9.17, 15) is 0 Å². The van der Waals surface area contributed by atoms with Crippen molar-refractivity contribution >= 4 is 5.65 Å². The summed E-state index contributed by atoms with van der Waals surface area (Å²) in [5.41, 5.74) is 3.05. The second-order valence-electron chi connectivity index (χ2n) is 4.82. The number of unbranched alkanes of at least 4 members (excludes halogenated alkanes) is 1. The highest BCUT2D eigenvalue weighted by Crippen LogP contribution is 2.22. The van der Waals surface area contributed by atoms with Crippen molar-refractivity contribution in [1.82, 2.24) is 9.38 Å². The molecule has 2 heterocycles. The molecule has 0 bridgehead atoms. The highest BCUT2D eigenvalue weighted by molar-refractivity contribution is 5.63. The first-order chi connectivity index (χ1) is 9.86. The van der Waals surface area contributed by atoms with Gasteiger partial charge in [0.1, 0.15) is 11.4 Å². The van der Waals surface area contributed by atoms with E-state index < -0.39 is 0 Å². The van der Waals surface area contributed by atoms with Gasteiger partial charge in [0, 0.05) is 18.0 Å². The fourth-order valence-electron chi connectivity index (χ4n) is 2.13. The van der Waals surface area contributed by atoms with Gasteiger partial charge in [-0.15, -0.1) is 0 Å². The maximum Gasteiger partial charge on any atom is 0.137 e. The van der Waals surface area contributed by atoms with Crippen LogP contribution in [-0.2, 0) is 0 Å². The molecule has 0 unspecified atom stereocenters. The number of fused-ring (bicyclic) bond motifs is 1. The van der Waals surface area contributed by atoms with E-state index in [4.69, 9.17) is 4.74 Å². The highest BCUT2D eigenvalue weighted by atomic mass is 16.5. The predicted molar refractivity (Wildman–Crippen MR) is 81.0 cm³/mol. The first kappa shape index (κ1) is 12.7. The Morgan fingerprint density at radius 1 is 1.10 bits per heavy atom. The summed E-state index contributed by atoms with van der Waals surface area (Å²) in [7, 11) is 0. The summed E-state index contributed by atoms with van der Waals surface area (Å²) in [4.78, 5) is 4.61. The molecule has 20 heavy (non-hydrogen) atoms. The number of aromatic nitrogens is 2. The largest absolute Gasteiger partial charge is 0.494 e.